The number of amides is 1. The summed E-state index contributed by atoms with van der Waals surface area (Å²) in [5, 5.41) is 3.01. The number of nitrogens with zero attached hydrogens (tertiary/aromatic N) is 2. The summed E-state index contributed by atoms with van der Waals surface area (Å²) in [7, 11) is 0. The van der Waals surface area contributed by atoms with Crippen LogP contribution in [0, 0.1) is 0 Å². The summed E-state index contributed by atoms with van der Waals surface area (Å²) >= 11 is 0. The van der Waals surface area contributed by atoms with E-state index in [4.69, 9.17) is 0 Å². The third-order valence-corrected chi connectivity index (χ3v) is 5.52. The number of aryl methyl sites for hydroxylation is 1. The van der Waals surface area contributed by atoms with Crippen LogP contribution >= 0.6 is 0 Å². The Hall–Kier alpha value is -2.62. The summed E-state index contributed by atoms with van der Waals surface area (Å²) in [4.78, 5) is 19.1. The van der Waals surface area contributed by atoms with E-state index in [0.29, 0.717) is 12.2 Å². The largest absolute Gasteiger partial charge is 0.350 e. The van der Waals surface area contributed by atoms with E-state index in [1.54, 1.807) is 0 Å². The number of nitrogens with one attached hydrogen (secondary N) is 1. The standard InChI is InChI=1S/C23H27N3O/c27-23(24-15-14-18-7-2-1-3-8-18)21-13-12-20(17-25-21)26-16-6-10-19-9-4-5-11-22(19)26/h4-5,7,9,11-13,17H,1-3,6,8,10,14-16H2,(H,24,27). The van der Waals surface area contributed by atoms with Crippen molar-refractivity contribution in [2.75, 3.05) is 18.0 Å². The molecule has 0 spiro atoms. The Morgan fingerprint density at radius 1 is 1.07 bits per heavy atom. The van der Waals surface area contributed by atoms with Crippen LogP contribution < -0.4 is 10.2 Å². The molecule has 2 heterocycles. The molecule has 0 bridgehead atoms. The van der Waals surface area contributed by atoms with Crippen molar-refractivity contribution in [1.29, 1.82) is 0 Å². The van der Waals surface area contributed by atoms with E-state index in [9.17, 15) is 4.79 Å². The highest BCUT2D eigenvalue weighted by Gasteiger charge is 2.18. The van der Waals surface area contributed by atoms with Gasteiger partial charge in [-0.1, -0.05) is 29.8 Å². The van der Waals surface area contributed by atoms with E-state index in [1.807, 2.05) is 18.3 Å². The molecule has 0 fully saturated rings. The zero-order valence-electron chi connectivity index (χ0n) is 15.8. The molecule has 1 N–H and O–H groups in total. The molecule has 2 aliphatic rings. The van der Waals surface area contributed by atoms with Crippen LogP contribution in [0.25, 0.3) is 0 Å². The van der Waals surface area contributed by atoms with Gasteiger partial charge in [0.2, 0.25) is 0 Å². The van der Waals surface area contributed by atoms with Crippen LogP contribution in [0.3, 0.4) is 0 Å². The number of hydrogen-bond acceptors (Lipinski definition) is 3. The van der Waals surface area contributed by atoms with Crippen molar-refractivity contribution in [2.24, 2.45) is 0 Å². The Labute approximate surface area is 161 Å². The molecule has 0 unspecified atom stereocenters. The zero-order valence-corrected chi connectivity index (χ0v) is 15.8. The highest BCUT2D eigenvalue weighted by Crippen LogP contribution is 2.32. The first-order valence-electron chi connectivity index (χ1n) is 10.1. The minimum atomic E-state index is -0.0861. The average Bonchev–Trinajstić information content (AvgIpc) is 2.74. The molecule has 0 radical (unpaired) electrons. The number of carbonyl (C=O) groups excluding carboxylic acids is 1. The maximum Gasteiger partial charge on any atom is 0.269 e. The molecule has 0 saturated carbocycles. The van der Waals surface area contributed by atoms with Gasteiger partial charge in [-0.15, -0.1) is 0 Å². The SMILES string of the molecule is O=C(NCCC1=CCCCC1)c1ccc(N2CCCc3ccccc32)cn1. The topological polar surface area (TPSA) is 45.2 Å². The Morgan fingerprint density at radius 3 is 2.81 bits per heavy atom. The fraction of sp³-hybridized carbons (Fsp3) is 0.391. The second-order valence-corrected chi connectivity index (χ2v) is 7.40. The lowest BCUT2D eigenvalue weighted by Crippen LogP contribution is -2.27. The van der Waals surface area contributed by atoms with E-state index in [1.165, 1.54) is 42.5 Å². The fourth-order valence-corrected chi connectivity index (χ4v) is 4.04. The molecule has 1 amide bonds. The molecule has 0 saturated heterocycles. The van der Waals surface area contributed by atoms with E-state index in [-0.39, 0.29) is 5.91 Å². The van der Waals surface area contributed by atoms with Crippen molar-refractivity contribution >= 4 is 17.3 Å². The van der Waals surface area contributed by atoms with Crippen molar-refractivity contribution in [3.63, 3.8) is 0 Å². The minimum absolute atomic E-state index is 0.0861. The number of fused-ring (bicyclic) bond motifs is 1. The predicted octanol–water partition coefficient (Wildman–Crippen LogP) is 4.79. The molecular weight excluding hydrogens is 334 g/mol. The number of rotatable bonds is 5. The maximum absolute atomic E-state index is 12.4. The lowest BCUT2D eigenvalue weighted by atomic mass is 9.97. The van der Waals surface area contributed by atoms with E-state index < -0.39 is 0 Å². The summed E-state index contributed by atoms with van der Waals surface area (Å²) < 4.78 is 0. The van der Waals surface area contributed by atoms with Gasteiger partial charge in [-0.2, -0.15) is 0 Å². The van der Waals surface area contributed by atoms with E-state index >= 15 is 0 Å². The molecule has 4 heteroatoms. The van der Waals surface area contributed by atoms with Gasteiger partial charge in [0.15, 0.2) is 0 Å². The van der Waals surface area contributed by atoms with Crippen LogP contribution in [0.2, 0.25) is 0 Å². The average molecular weight is 361 g/mol. The van der Waals surface area contributed by atoms with E-state index in [2.05, 4.69) is 45.5 Å². The van der Waals surface area contributed by atoms with Crippen molar-refractivity contribution in [2.45, 2.75) is 44.9 Å². The second-order valence-electron chi connectivity index (χ2n) is 7.40. The minimum Gasteiger partial charge on any atom is -0.350 e. The first-order valence-corrected chi connectivity index (χ1v) is 10.1. The Bertz CT molecular complexity index is 826. The van der Waals surface area contributed by atoms with Gasteiger partial charge < -0.3 is 10.2 Å². The maximum atomic E-state index is 12.4. The lowest BCUT2D eigenvalue weighted by Gasteiger charge is -2.31. The highest BCUT2D eigenvalue weighted by molar-refractivity contribution is 5.92. The smallest absolute Gasteiger partial charge is 0.269 e. The number of allylic oxidation sites excluding steroid dienone is 1. The van der Waals surface area contributed by atoms with Crippen molar-refractivity contribution in [1.82, 2.24) is 10.3 Å². The molecule has 1 aliphatic heterocycles. The molecule has 1 aliphatic carbocycles. The van der Waals surface area contributed by atoms with Gasteiger partial charge >= 0.3 is 0 Å². The van der Waals surface area contributed by atoms with Crippen LogP contribution in [0.5, 0.6) is 0 Å². The molecule has 140 valence electrons. The molecule has 27 heavy (non-hydrogen) atoms. The van der Waals surface area contributed by atoms with Gasteiger partial charge in [-0.25, -0.2) is 4.98 Å². The summed E-state index contributed by atoms with van der Waals surface area (Å²) in [5.74, 6) is -0.0861. The van der Waals surface area contributed by atoms with Gasteiger partial charge in [0.1, 0.15) is 5.69 Å². The number of aromatic nitrogens is 1. The van der Waals surface area contributed by atoms with Crippen LogP contribution in [-0.2, 0) is 6.42 Å². The number of carbonyl (C=O) groups is 1. The third kappa shape index (κ3) is 4.21. The van der Waals surface area contributed by atoms with Crippen molar-refractivity contribution < 1.29 is 4.79 Å². The lowest BCUT2D eigenvalue weighted by molar-refractivity contribution is 0.0949. The molecule has 2 aromatic rings. The molecule has 4 nitrogen and oxygen atoms in total. The van der Waals surface area contributed by atoms with Crippen LogP contribution in [0.4, 0.5) is 11.4 Å². The molecule has 0 atom stereocenters. The third-order valence-electron chi connectivity index (χ3n) is 5.52. The van der Waals surface area contributed by atoms with Gasteiger partial charge in [0.05, 0.1) is 11.9 Å². The normalized spacial score (nSPS) is 16.4. The molecule has 1 aromatic heterocycles. The number of benzene rings is 1. The van der Waals surface area contributed by atoms with Crippen LogP contribution in [0.1, 0.15) is 54.6 Å². The predicted molar refractivity (Wildman–Crippen MR) is 110 cm³/mol. The van der Waals surface area contributed by atoms with E-state index in [0.717, 1.165) is 31.5 Å². The van der Waals surface area contributed by atoms with Crippen molar-refractivity contribution in [3.8, 4) is 0 Å². The highest BCUT2D eigenvalue weighted by atomic mass is 16.1. The number of pyridine rings is 1. The van der Waals surface area contributed by atoms with Crippen LogP contribution in [0.15, 0.2) is 54.2 Å². The fourth-order valence-electron chi connectivity index (χ4n) is 4.04. The Kier molecular flexibility index (Phi) is 5.52. The van der Waals surface area contributed by atoms with Gasteiger partial charge in [-0.05, 0) is 68.7 Å². The zero-order chi connectivity index (χ0) is 18.5. The Balaban J connectivity index is 1.37. The first-order chi connectivity index (χ1) is 13.3. The summed E-state index contributed by atoms with van der Waals surface area (Å²) in [5.41, 5.74) is 5.65. The van der Waals surface area contributed by atoms with Crippen molar-refractivity contribution in [3.05, 3.63) is 65.5 Å². The second kappa shape index (κ2) is 8.38. The number of para-hydroxylation sites is 1. The molecule has 4 rings (SSSR count). The number of anilines is 2. The summed E-state index contributed by atoms with van der Waals surface area (Å²) in [6.45, 7) is 1.67. The quantitative estimate of drug-likeness (QED) is 0.779. The Morgan fingerprint density at radius 2 is 2.00 bits per heavy atom. The van der Waals surface area contributed by atoms with Gasteiger partial charge in [-0.3, -0.25) is 4.79 Å². The summed E-state index contributed by atoms with van der Waals surface area (Å²) in [6, 6.07) is 12.4. The van der Waals surface area contributed by atoms with Gasteiger partial charge in [0.25, 0.3) is 5.91 Å². The number of hydrogen-bond donors (Lipinski definition) is 1. The van der Waals surface area contributed by atoms with Gasteiger partial charge in [0, 0.05) is 18.8 Å². The molecule has 1 aromatic carbocycles. The molecular formula is C23H27N3O. The monoisotopic (exact) mass is 361 g/mol. The van der Waals surface area contributed by atoms with Crippen LogP contribution in [-0.4, -0.2) is 24.0 Å². The summed E-state index contributed by atoms with van der Waals surface area (Å²) in [6.07, 6.45) is 12.3. The first kappa shape index (κ1) is 17.8.